The smallest absolute Gasteiger partial charge is 0.345 e. The van der Waals surface area contributed by atoms with Crippen LogP contribution in [-0.4, -0.2) is 50.0 Å². The summed E-state index contributed by atoms with van der Waals surface area (Å²) in [5.41, 5.74) is -1.55. The number of benzene rings is 3. The van der Waals surface area contributed by atoms with E-state index in [2.05, 4.69) is 0 Å². The number of fused-ring (bicyclic) bond motifs is 8. The first-order chi connectivity index (χ1) is 20.6. The highest BCUT2D eigenvalue weighted by atomic mass is 16.8. The van der Waals surface area contributed by atoms with Crippen LogP contribution in [-0.2, 0) is 30.6 Å². The van der Waals surface area contributed by atoms with Crippen molar-refractivity contribution in [2.24, 2.45) is 0 Å². The molecule has 2 spiro atoms. The zero-order chi connectivity index (χ0) is 31.4. The van der Waals surface area contributed by atoms with E-state index in [1.165, 1.54) is 30.3 Å². The van der Waals surface area contributed by atoms with E-state index in [9.17, 15) is 39.6 Å². The second-order valence-corrected chi connectivity index (χ2v) is 9.86. The number of ketones is 2. The first kappa shape index (κ1) is 29.7. The van der Waals surface area contributed by atoms with Gasteiger partial charge in [-0.15, -0.1) is 0 Å². The molecular weight excluding hydrogens is 560 g/mol. The molecule has 4 N–H and O–H groups in total. The van der Waals surface area contributed by atoms with Gasteiger partial charge in [-0.3, -0.25) is 19.1 Å². The van der Waals surface area contributed by atoms with Gasteiger partial charge in [0, 0.05) is 28.7 Å². The maximum absolute atomic E-state index is 13.9. The lowest BCUT2D eigenvalue weighted by molar-refractivity contribution is -0.314. The highest BCUT2D eigenvalue weighted by molar-refractivity contribution is 6.31. The lowest BCUT2D eigenvalue weighted by Gasteiger charge is -2.31. The van der Waals surface area contributed by atoms with Crippen molar-refractivity contribution >= 4 is 23.5 Å². The first-order valence-corrected chi connectivity index (χ1v) is 14.1. The maximum Gasteiger partial charge on any atom is 0.345 e. The van der Waals surface area contributed by atoms with Crippen molar-refractivity contribution < 1.29 is 53.8 Å². The second kappa shape index (κ2) is 10.5. The van der Waals surface area contributed by atoms with Crippen LogP contribution in [0.15, 0.2) is 42.5 Å². The Morgan fingerprint density at radius 1 is 0.837 bits per heavy atom. The summed E-state index contributed by atoms with van der Waals surface area (Å²) in [7, 11) is 0. The Bertz CT molecular complexity index is 1710. The zero-order valence-corrected chi connectivity index (χ0v) is 23.9. The number of aromatic hydroxyl groups is 3. The van der Waals surface area contributed by atoms with Crippen molar-refractivity contribution in [3.05, 3.63) is 87.0 Å². The highest BCUT2D eigenvalue weighted by Crippen LogP contribution is 2.63. The molecule has 0 saturated carbocycles. The van der Waals surface area contributed by atoms with Crippen molar-refractivity contribution in [1.29, 1.82) is 0 Å². The number of hydrogen-bond donors (Lipinski definition) is 4. The molecule has 0 amide bonds. The van der Waals surface area contributed by atoms with Crippen LogP contribution in [0.3, 0.4) is 0 Å². The van der Waals surface area contributed by atoms with Gasteiger partial charge in [-0.05, 0) is 24.6 Å². The van der Waals surface area contributed by atoms with E-state index in [0.717, 1.165) is 6.07 Å². The summed E-state index contributed by atoms with van der Waals surface area (Å²) in [6.07, 6.45) is -0.723. The summed E-state index contributed by atoms with van der Waals surface area (Å²) in [5, 5.41) is 41.7. The van der Waals surface area contributed by atoms with Crippen LogP contribution in [0.1, 0.15) is 106 Å². The quantitative estimate of drug-likeness (QED) is 0.235. The molecule has 3 aromatic carbocycles. The molecule has 0 bridgehead atoms. The van der Waals surface area contributed by atoms with Crippen LogP contribution in [0.5, 0.6) is 17.2 Å². The lowest BCUT2D eigenvalue weighted by Crippen LogP contribution is -2.36. The van der Waals surface area contributed by atoms with Crippen LogP contribution in [0.4, 0.5) is 0 Å². The zero-order valence-electron chi connectivity index (χ0n) is 23.9. The van der Waals surface area contributed by atoms with Crippen molar-refractivity contribution in [2.75, 3.05) is 0 Å². The fourth-order valence-corrected chi connectivity index (χ4v) is 6.23. The van der Waals surface area contributed by atoms with E-state index in [0.29, 0.717) is 0 Å². The minimum atomic E-state index is -2.33. The van der Waals surface area contributed by atoms with Gasteiger partial charge < -0.3 is 29.9 Å². The molecule has 3 aliphatic heterocycles. The molecule has 3 unspecified atom stereocenters. The molecule has 4 aliphatic rings. The number of phenolic OH excluding ortho intramolecular Hbond substituents is 3. The van der Waals surface area contributed by atoms with E-state index in [-0.39, 0.29) is 64.0 Å². The Labute approximate surface area is 246 Å². The number of carbonyl (C=O) groups is 4. The first-order valence-electron chi connectivity index (χ1n) is 14.1. The topological polar surface area (TPSA) is 177 Å². The minimum Gasteiger partial charge on any atom is -0.507 e. The molecule has 43 heavy (non-hydrogen) atoms. The summed E-state index contributed by atoms with van der Waals surface area (Å²) in [6, 6.07) is 9.36. The van der Waals surface area contributed by atoms with Crippen LogP contribution < -0.4 is 0 Å². The molecule has 1 aliphatic carbocycles. The van der Waals surface area contributed by atoms with Crippen molar-refractivity contribution in [1.82, 2.24) is 0 Å². The SMILES string of the molecule is CC.CC.O=C(O)CC1CCC2(O1)OC1(OC(=O)c3c(O)cc4c(c31)C(=O)c1c(O)cccc1C4=O)c1c(O)cccc12. The van der Waals surface area contributed by atoms with Gasteiger partial charge in [0.05, 0.1) is 29.2 Å². The fourth-order valence-electron chi connectivity index (χ4n) is 6.23. The van der Waals surface area contributed by atoms with Crippen molar-refractivity contribution in [2.45, 2.75) is 64.6 Å². The number of rotatable bonds is 2. The third kappa shape index (κ3) is 4.03. The van der Waals surface area contributed by atoms with Crippen LogP contribution in [0.2, 0.25) is 0 Å². The number of esters is 1. The lowest BCUT2D eigenvalue weighted by atomic mass is 9.77. The maximum atomic E-state index is 13.9. The minimum absolute atomic E-state index is 0.0794. The molecule has 1 fully saturated rings. The number of aliphatic carboxylic acids is 1. The average molecular weight is 591 g/mol. The number of carboxylic acids is 1. The Kier molecular flexibility index (Phi) is 7.27. The molecule has 1 saturated heterocycles. The van der Waals surface area contributed by atoms with Crippen LogP contribution >= 0.6 is 0 Å². The van der Waals surface area contributed by atoms with Crippen molar-refractivity contribution in [3.63, 3.8) is 0 Å². The summed E-state index contributed by atoms with van der Waals surface area (Å²) in [6.45, 7) is 8.00. The summed E-state index contributed by atoms with van der Waals surface area (Å²) < 4.78 is 18.2. The summed E-state index contributed by atoms with van der Waals surface area (Å²) >= 11 is 0. The molecule has 224 valence electrons. The third-order valence-corrected chi connectivity index (χ3v) is 7.71. The Morgan fingerprint density at radius 3 is 2.21 bits per heavy atom. The Balaban J connectivity index is 0.000000885. The van der Waals surface area contributed by atoms with Gasteiger partial charge in [0.1, 0.15) is 22.8 Å². The van der Waals surface area contributed by atoms with E-state index in [4.69, 9.17) is 14.2 Å². The van der Waals surface area contributed by atoms with Gasteiger partial charge in [0.25, 0.3) is 5.79 Å². The van der Waals surface area contributed by atoms with Gasteiger partial charge in [-0.2, -0.15) is 0 Å². The molecule has 0 aromatic heterocycles. The highest BCUT2D eigenvalue weighted by Gasteiger charge is 2.67. The van der Waals surface area contributed by atoms with Gasteiger partial charge in [0.15, 0.2) is 11.6 Å². The molecule has 3 aromatic rings. The van der Waals surface area contributed by atoms with E-state index in [1.807, 2.05) is 27.7 Å². The van der Waals surface area contributed by atoms with Gasteiger partial charge in [-0.1, -0.05) is 52.0 Å². The number of ether oxygens (including phenoxy) is 3. The molecule has 0 radical (unpaired) electrons. The standard InChI is InChI=1S/C28H18O11.2C2H6/c29-15-5-1-3-12-19(15)25(35)20-13(24(12)34)10-17(31)21-23(20)28(38-26(21)36)22-14(4-2-6-16(22)30)27(39-28)8-7-11(37-27)9-18(32)33;2*1-2/h1-6,10-11,29-31H,7-9H2,(H,32,33);2*1-2H3. The molecule has 3 heterocycles. The molecule has 11 nitrogen and oxygen atoms in total. The Hall–Kier alpha value is -4.74. The molecule has 7 rings (SSSR count). The molecule has 3 atom stereocenters. The van der Waals surface area contributed by atoms with Crippen LogP contribution in [0, 0.1) is 0 Å². The fraction of sp³-hybridized carbons (Fsp3) is 0.312. The summed E-state index contributed by atoms with van der Waals surface area (Å²) in [4.78, 5) is 52.0. The average Bonchev–Trinajstić information content (AvgIpc) is 3.61. The molecular formula is C32H30O11. The van der Waals surface area contributed by atoms with Gasteiger partial charge in [0.2, 0.25) is 5.79 Å². The number of phenols is 3. The predicted molar refractivity (Wildman–Crippen MR) is 149 cm³/mol. The van der Waals surface area contributed by atoms with Gasteiger partial charge in [-0.25, -0.2) is 4.79 Å². The predicted octanol–water partition coefficient (Wildman–Crippen LogP) is 4.84. The number of hydrogen-bond acceptors (Lipinski definition) is 10. The molecule has 11 heteroatoms. The van der Waals surface area contributed by atoms with E-state index >= 15 is 0 Å². The van der Waals surface area contributed by atoms with E-state index in [1.54, 1.807) is 6.07 Å². The monoisotopic (exact) mass is 590 g/mol. The van der Waals surface area contributed by atoms with Crippen LogP contribution in [0.25, 0.3) is 0 Å². The summed E-state index contributed by atoms with van der Waals surface area (Å²) in [5.74, 6) is -9.17. The normalized spacial score (nSPS) is 23.8. The Morgan fingerprint density at radius 2 is 1.51 bits per heavy atom. The van der Waals surface area contributed by atoms with Gasteiger partial charge >= 0.3 is 11.9 Å². The largest absolute Gasteiger partial charge is 0.507 e. The number of carbonyl (C=O) groups excluding carboxylic acids is 3. The second-order valence-electron chi connectivity index (χ2n) is 9.86. The van der Waals surface area contributed by atoms with E-state index < -0.39 is 58.2 Å². The van der Waals surface area contributed by atoms with Crippen molar-refractivity contribution in [3.8, 4) is 17.2 Å². The third-order valence-electron chi connectivity index (χ3n) is 7.71. The number of carboxylic acid groups (broad SMARTS) is 1.